The van der Waals surface area contributed by atoms with E-state index in [-0.39, 0.29) is 0 Å². The van der Waals surface area contributed by atoms with Crippen LogP contribution in [-0.2, 0) is 5.75 Å². The average Bonchev–Trinajstić information content (AvgIpc) is 3.12. The highest BCUT2D eigenvalue weighted by atomic mass is 32.2. The summed E-state index contributed by atoms with van der Waals surface area (Å²) in [4.78, 5) is 27.1. The van der Waals surface area contributed by atoms with Crippen molar-refractivity contribution in [1.29, 1.82) is 0 Å². The molecule has 1 aliphatic heterocycles. The first-order chi connectivity index (χ1) is 15.2. The van der Waals surface area contributed by atoms with E-state index in [0.717, 1.165) is 54.4 Å². The van der Waals surface area contributed by atoms with E-state index < -0.39 is 0 Å². The molecule has 5 rings (SSSR count). The molecule has 3 aromatic heterocycles. The monoisotopic (exact) mass is 448 g/mol. The van der Waals surface area contributed by atoms with Crippen LogP contribution in [0.1, 0.15) is 16.3 Å². The van der Waals surface area contributed by atoms with E-state index in [2.05, 4.69) is 57.9 Å². The van der Waals surface area contributed by atoms with Crippen molar-refractivity contribution < 1.29 is 0 Å². The summed E-state index contributed by atoms with van der Waals surface area (Å²) in [5.41, 5.74) is 1.30. The van der Waals surface area contributed by atoms with Gasteiger partial charge in [0.15, 0.2) is 0 Å². The van der Waals surface area contributed by atoms with Gasteiger partial charge in [0.05, 0.1) is 11.1 Å². The molecule has 6 nitrogen and oxygen atoms in total. The third kappa shape index (κ3) is 4.22. The Hall–Kier alpha value is -2.71. The highest BCUT2D eigenvalue weighted by Gasteiger charge is 2.24. The Balaban J connectivity index is 1.41. The highest BCUT2D eigenvalue weighted by Crippen LogP contribution is 2.36. The van der Waals surface area contributed by atoms with Gasteiger partial charge >= 0.3 is 0 Å². The SMILES string of the molecule is Cc1sc2nc(CSc3ccccc3)nc(N3CCN(c4ncccn4)CC3)c2c1C. The Bertz CT molecular complexity index is 1170. The lowest BCUT2D eigenvalue weighted by Gasteiger charge is -2.35. The summed E-state index contributed by atoms with van der Waals surface area (Å²) in [6, 6.07) is 12.3. The predicted octanol–water partition coefficient (Wildman–Crippen LogP) is 4.72. The molecule has 0 unspecified atom stereocenters. The Morgan fingerprint density at radius 1 is 0.903 bits per heavy atom. The molecule has 8 heteroatoms. The molecule has 1 fully saturated rings. The third-order valence-corrected chi connectivity index (χ3v) is 7.69. The van der Waals surface area contributed by atoms with E-state index >= 15 is 0 Å². The van der Waals surface area contributed by atoms with Gasteiger partial charge in [-0.2, -0.15) is 0 Å². The van der Waals surface area contributed by atoms with Crippen LogP contribution in [0.15, 0.2) is 53.7 Å². The van der Waals surface area contributed by atoms with Gasteiger partial charge in [0.2, 0.25) is 5.95 Å². The van der Waals surface area contributed by atoms with E-state index in [1.807, 2.05) is 12.1 Å². The van der Waals surface area contributed by atoms with E-state index in [0.29, 0.717) is 0 Å². The fourth-order valence-corrected chi connectivity index (χ4v) is 5.62. The van der Waals surface area contributed by atoms with Crippen LogP contribution in [0, 0.1) is 13.8 Å². The minimum absolute atomic E-state index is 0.765. The summed E-state index contributed by atoms with van der Waals surface area (Å²) < 4.78 is 0. The first kappa shape index (κ1) is 20.2. The molecule has 0 N–H and O–H groups in total. The van der Waals surface area contributed by atoms with Crippen molar-refractivity contribution in [2.75, 3.05) is 36.0 Å². The van der Waals surface area contributed by atoms with Gasteiger partial charge in [-0.25, -0.2) is 19.9 Å². The molecule has 0 amide bonds. The summed E-state index contributed by atoms with van der Waals surface area (Å²) >= 11 is 3.56. The maximum atomic E-state index is 5.06. The topological polar surface area (TPSA) is 58.0 Å². The van der Waals surface area contributed by atoms with Gasteiger partial charge in [-0.3, -0.25) is 0 Å². The van der Waals surface area contributed by atoms with Crippen molar-refractivity contribution >= 4 is 45.1 Å². The Morgan fingerprint density at radius 3 is 2.35 bits per heavy atom. The number of hydrogen-bond acceptors (Lipinski definition) is 8. The molecule has 0 radical (unpaired) electrons. The van der Waals surface area contributed by atoms with Crippen molar-refractivity contribution in [3.05, 3.63) is 65.1 Å². The number of fused-ring (bicyclic) bond motifs is 1. The van der Waals surface area contributed by atoms with E-state index in [4.69, 9.17) is 9.97 Å². The van der Waals surface area contributed by atoms with Crippen LogP contribution in [0.4, 0.5) is 11.8 Å². The maximum Gasteiger partial charge on any atom is 0.225 e. The zero-order valence-corrected chi connectivity index (χ0v) is 19.3. The molecule has 0 aliphatic carbocycles. The Morgan fingerprint density at radius 2 is 1.61 bits per heavy atom. The van der Waals surface area contributed by atoms with Gasteiger partial charge < -0.3 is 9.80 Å². The summed E-state index contributed by atoms with van der Waals surface area (Å²) in [5.74, 6) is 3.54. The molecule has 158 valence electrons. The second-order valence-corrected chi connectivity index (χ2v) is 9.80. The lowest BCUT2D eigenvalue weighted by Crippen LogP contribution is -2.47. The lowest BCUT2D eigenvalue weighted by atomic mass is 10.2. The predicted molar refractivity (Wildman–Crippen MR) is 129 cm³/mol. The highest BCUT2D eigenvalue weighted by molar-refractivity contribution is 7.98. The zero-order chi connectivity index (χ0) is 21.2. The summed E-state index contributed by atoms with van der Waals surface area (Å²) in [6.07, 6.45) is 3.60. The van der Waals surface area contributed by atoms with Crippen LogP contribution in [0.3, 0.4) is 0 Å². The maximum absolute atomic E-state index is 5.06. The number of benzene rings is 1. The largest absolute Gasteiger partial charge is 0.352 e. The fraction of sp³-hybridized carbons (Fsp3) is 0.304. The molecule has 4 aromatic rings. The van der Waals surface area contributed by atoms with Crippen LogP contribution in [-0.4, -0.2) is 46.1 Å². The first-order valence-corrected chi connectivity index (χ1v) is 12.2. The van der Waals surface area contributed by atoms with Crippen molar-refractivity contribution in [3.8, 4) is 0 Å². The number of aryl methyl sites for hydroxylation is 2. The van der Waals surface area contributed by atoms with Gasteiger partial charge in [-0.05, 0) is 37.6 Å². The van der Waals surface area contributed by atoms with Gasteiger partial charge in [-0.15, -0.1) is 23.1 Å². The molecule has 4 heterocycles. The van der Waals surface area contributed by atoms with Crippen molar-refractivity contribution in [3.63, 3.8) is 0 Å². The molecule has 0 atom stereocenters. The van der Waals surface area contributed by atoms with Crippen molar-refractivity contribution in [1.82, 2.24) is 19.9 Å². The molecule has 0 saturated carbocycles. The number of aromatic nitrogens is 4. The third-order valence-electron chi connectivity index (χ3n) is 5.58. The second-order valence-electron chi connectivity index (χ2n) is 7.55. The van der Waals surface area contributed by atoms with Crippen LogP contribution in [0.25, 0.3) is 10.2 Å². The standard InChI is InChI=1S/C23H24N6S2/c1-16-17(2)31-22-20(16)21(26-19(27-22)15-30-18-7-4-3-5-8-18)28-11-13-29(14-12-28)23-24-9-6-10-25-23/h3-10H,11-15H2,1-2H3. The Labute approximate surface area is 190 Å². The molecule has 1 saturated heterocycles. The number of piperazine rings is 1. The molecule has 31 heavy (non-hydrogen) atoms. The van der Waals surface area contributed by atoms with Crippen molar-refractivity contribution in [2.45, 2.75) is 24.5 Å². The summed E-state index contributed by atoms with van der Waals surface area (Å²) in [7, 11) is 0. The molecule has 0 spiro atoms. The quantitative estimate of drug-likeness (QED) is 0.410. The average molecular weight is 449 g/mol. The fourth-order valence-electron chi connectivity index (χ4n) is 3.80. The first-order valence-electron chi connectivity index (χ1n) is 10.4. The van der Waals surface area contributed by atoms with Gasteiger partial charge in [0, 0.05) is 48.3 Å². The van der Waals surface area contributed by atoms with E-state index in [9.17, 15) is 0 Å². The lowest BCUT2D eigenvalue weighted by molar-refractivity contribution is 0.635. The van der Waals surface area contributed by atoms with Gasteiger partial charge in [-0.1, -0.05) is 18.2 Å². The number of thioether (sulfide) groups is 1. The van der Waals surface area contributed by atoms with Crippen LogP contribution in [0.2, 0.25) is 0 Å². The molecular formula is C23H24N6S2. The summed E-state index contributed by atoms with van der Waals surface area (Å²) in [6.45, 7) is 7.91. The summed E-state index contributed by atoms with van der Waals surface area (Å²) in [5, 5.41) is 1.21. The Kier molecular flexibility index (Phi) is 5.74. The number of thiophene rings is 1. The molecule has 1 aromatic carbocycles. The number of rotatable bonds is 5. The normalized spacial score (nSPS) is 14.4. The smallest absolute Gasteiger partial charge is 0.225 e. The number of hydrogen-bond donors (Lipinski definition) is 0. The van der Waals surface area contributed by atoms with E-state index in [1.165, 1.54) is 20.7 Å². The second kappa shape index (κ2) is 8.80. The minimum atomic E-state index is 0.765. The molecule has 0 bridgehead atoms. The zero-order valence-electron chi connectivity index (χ0n) is 17.7. The van der Waals surface area contributed by atoms with Crippen molar-refractivity contribution in [2.24, 2.45) is 0 Å². The van der Waals surface area contributed by atoms with E-state index in [1.54, 1.807) is 35.5 Å². The van der Waals surface area contributed by atoms with Crippen LogP contribution in [0.5, 0.6) is 0 Å². The van der Waals surface area contributed by atoms with Gasteiger partial charge in [0.25, 0.3) is 0 Å². The molecular weight excluding hydrogens is 424 g/mol. The van der Waals surface area contributed by atoms with Crippen LogP contribution < -0.4 is 9.80 Å². The number of anilines is 2. The minimum Gasteiger partial charge on any atom is -0.352 e. The number of nitrogens with zero attached hydrogens (tertiary/aromatic N) is 6. The van der Waals surface area contributed by atoms with Gasteiger partial charge in [0.1, 0.15) is 16.5 Å². The van der Waals surface area contributed by atoms with Crippen LogP contribution >= 0.6 is 23.1 Å². The molecule has 1 aliphatic rings.